The van der Waals surface area contributed by atoms with E-state index in [9.17, 15) is 18.7 Å². The normalized spacial score (nSPS) is 16.1. The number of nitrogens with one attached hydrogen (secondary N) is 1. The van der Waals surface area contributed by atoms with Crippen molar-refractivity contribution in [2.24, 2.45) is 0 Å². The summed E-state index contributed by atoms with van der Waals surface area (Å²) in [6.45, 7) is 2.26. The number of aromatic nitrogens is 1. The van der Waals surface area contributed by atoms with Gasteiger partial charge in [-0.3, -0.25) is 18.7 Å². The van der Waals surface area contributed by atoms with Gasteiger partial charge in [-0.05, 0) is 35.4 Å². The second kappa shape index (κ2) is 7.97. The van der Waals surface area contributed by atoms with Crippen molar-refractivity contribution >= 4 is 49.3 Å². The van der Waals surface area contributed by atoms with Crippen molar-refractivity contribution in [2.45, 2.75) is 11.8 Å². The number of piperazine rings is 1. The first kappa shape index (κ1) is 20.8. The van der Waals surface area contributed by atoms with Gasteiger partial charge in [0.05, 0.1) is 21.7 Å². The number of thiazole rings is 1. The molecular weight excluding hydrogens is 424 g/mol. The summed E-state index contributed by atoms with van der Waals surface area (Å²) >= 11 is 1.38. The molecule has 0 saturated carbocycles. The molecule has 2 heterocycles. The molecule has 3 N–H and O–H groups in total. The van der Waals surface area contributed by atoms with Gasteiger partial charge >= 0.3 is 0 Å². The molecule has 0 aliphatic carbocycles. The number of fused-ring (bicyclic) bond motifs is 1. The summed E-state index contributed by atoms with van der Waals surface area (Å²) in [6, 6.07) is 12.8. The van der Waals surface area contributed by atoms with Crippen LogP contribution in [-0.2, 0) is 9.59 Å². The maximum Gasteiger partial charge on any atom is 0.238 e. The molecule has 2 amide bonds. The molecule has 0 radical (unpaired) electrons. The average Bonchev–Trinajstić information content (AvgIpc) is 3.10. The van der Waals surface area contributed by atoms with E-state index < -0.39 is 10.8 Å². The molecule has 1 aliphatic rings. The number of anilines is 1. The topological polar surface area (TPSA) is 106 Å². The number of hydrogen-bond donors (Lipinski definition) is 3. The van der Waals surface area contributed by atoms with E-state index in [1.54, 1.807) is 30.1 Å². The molecule has 8 nitrogen and oxygen atoms in total. The van der Waals surface area contributed by atoms with E-state index >= 15 is 0 Å². The highest BCUT2D eigenvalue weighted by molar-refractivity contribution is 8.22. The van der Waals surface area contributed by atoms with Gasteiger partial charge in [0.15, 0.2) is 5.13 Å². The molecule has 0 atom stereocenters. The summed E-state index contributed by atoms with van der Waals surface area (Å²) in [4.78, 5) is 29.6. The van der Waals surface area contributed by atoms with Crippen LogP contribution in [0.2, 0.25) is 0 Å². The zero-order valence-corrected chi connectivity index (χ0v) is 18.2. The lowest BCUT2D eigenvalue weighted by Gasteiger charge is -2.45. The largest absolute Gasteiger partial charge is 0.343 e. The van der Waals surface area contributed by atoms with Gasteiger partial charge in [-0.25, -0.2) is 4.98 Å². The third kappa shape index (κ3) is 4.05. The molecule has 0 spiro atoms. The van der Waals surface area contributed by atoms with Gasteiger partial charge in [-0.2, -0.15) is 4.31 Å². The summed E-state index contributed by atoms with van der Waals surface area (Å²) < 4.78 is 24.1. The molecule has 1 saturated heterocycles. The summed E-state index contributed by atoms with van der Waals surface area (Å²) in [5.41, 5.74) is 2.50. The van der Waals surface area contributed by atoms with Crippen LogP contribution in [0.25, 0.3) is 21.3 Å². The number of nitrogens with zero attached hydrogens (tertiary/aromatic N) is 3. The zero-order chi connectivity index (χ0) is 21.5. The first-order chi connectivity index (χ1) is 14.2. The number of benzene rings is 2. The van der Waals surface area contributed by atoms with Crippen molar-refractivity contribution in [3.8, 4) is 11.1 Å². The molecule has 0 bridgehead atoms. The molecule has 0 unspecified atom stereocenters. The van der Waals surface area contributed by atoms with Gasteiger partial charge in [0.1, 0.15) is 0 Å². The van der Waals surface area contributed by atoms with Crippen LogP contribution in [0.1, 0.15) is 8.35 Å². The van der Waals surface area contributed by atoms with Crippen LogP contribution in [0.4, 0.5) is 5.13 Å². The second-order valence-corrected chi connectivity index (χ2v) is 10.2. The predicted molar refractivity (Wildman–Crippen MR) is 122 cm³/mol. The fourth-order valence-corrected chi connectivity index (χ4v) is 5.68. The molecule has 10 heteroatoms. The smallest absolute Gasteiger partial charge is 0.238 e. The zero-order valence-electron chi connectivity index (χ0n) is 16.5. The van der Waals surface area contributed by atoms with Crippen LogP contribution < -0.4 is 5.32 Å². The molecule has 160 valence electrons. The van der Waals surface area contributed by atoms with Crippen LogP contribution in [0.3, 0.4) is 0 Å². The fourth-order valence-electron chi connectivity index (χ4n) is 3.26. The Morgan fingerprint density at radius 2 is 1.97 bits per heavy atom. The maximum atomic E-state index is 12.0. The molecule has 1 fully saturated rings. The van der Waals surface area contributed by atoms with Crippen molar-refractivity contribution in [2.75, 3.05) is 32.0 Å². The van der Waals surface area contributed by atoms with E-state index in [4.69, 9.17) is 0 Å². The van der Waals surface area contributed by atoms with Crippen LogP contribution in [0.15, 0.2) is 47.4 Å². The van der Waals surface area contributed by atoms with E-state index in [1.807, 2.05) is 24.3 Å². The quantitative estimate of drug-likeness (QED) is 0.558. The number of carbonyl (C=O) groups is 2. The van der Waals surface area contributed by atoms with Crippen molar-refractivity contribution < 1.29 is 20.1 Å². The summed E-state index contributed by atoms with van der Waals surface area (Å²) in [5.74, 6) is -0.308. The van der Waals surface area contributed by atoms with Crippen molar-refractivity contribution in [1.29, 1.82) is 0 Å². The van der Waals surface area contributed by atoms with E-state index in [1.165, 1.54) is 22.6 Å². The van der Waals surface area contributed by atoms with Gasteiger partial charge in [0.25, 0.3) is 0 Å². The number of rotatable bonds is 4. The Labute approximate surface area is 181 Å². The minimum atomic E-state index is -3.27. The lowest BCUT2D eigenvalue weighted by molar-refractivity contribution is -0.132. The highest BCUT2D eigenvalue weighted by atomic mass is 32.3. The van der Waals surface area contributed by atoms with Gasteiger partial charge < -0.3 is 10.2 Å². The van der Waals surface area contributed by atoms with E-state index in [2.05, 4.69) is 10.3 Å². The van der Waals surface area contributed by atoms with Gasteiger partial charge in [-0.15, -0.1) is 10.8 Å². The van der Waals surface area contributed by atoms with Crippen molar-refractivity contribution in [1.82, 2.24) is 14.2 Å². The molecule has 4 rings (SSSR count). The SMILES string of the molecule is CC(=O)Nc1nc2ccc(-c3cccc(S(O)(O)N4CCN(C)C(=O)C4)c3)cc2s1.[HH]. The number of hydrogen-bond acceptors (Lipinski definition) is 7. The first-order valence-electron chi connectivity index (χ1n) is 9.30. The van der Waals surface area contributed by atoms with Crippen LogP contribution >= 0.6 is 22.1 Å². The third-order valence-corrected chi connectivity index (χ3v) is 7.79. The third-order valence-electron chi connectivity index (χ3n) is 4.94. The minimum absolute atomic E-state index is 0. The predicted octanol–water partition coefficient (Wildman–Crippen LogP) is 3.97. The summed E-state index contributed by atoms with van der Waals surface area (Å²) in [5, 5.41) is 3.23. The second-order valence-electron chi connectivity index (χ2n) is 7.11. The van der Waals surface area contributed by atoms with Crippen LogP contribution in [0, 0.1) is 0 Å². The number of likely N-dealkylation sites (N-methyl/N-ethyl adjacent to an activating group) is 1. The van der Waals surface area contributed by atoms with Crippen molar-refractivity contribution in [3.63, 3.8) is 0 Å². The monoisotopic (exact) mass is 448 g/mol. The average molecular weight is 449 g/mol. The molecule has 2 aromatic carbocycles. The van der Waals surface area contributed by atoms with E-state index in [0.29, 0.717) is 23.1 Å². The summed E-state index contributed by atoms with van der Waals surface area (Å²) in [6.07, 6.45) is 0. The fraction of sp³-hybridized carbons (Fsp3) is 0.250. The summed E-state index contributed by atoms with van der Waals surface area (Å²) in [7, 11) is -1.56. The Morgan fingerprint density at radius 3 is 2.70 bits per heavy atom. The lowest BCUT2D eigenvalue weighted by Crippen LogP contribution is -2.49. The Balaban J connectivity index is 0.00000272. The molecule has 1 aromatic heterocycles. The Kier molecular flexibility index (Phi) is 5.51. The Morgan fingerprint density at radius 1 is 1.20 bits per heavy atom. The van der Waals surface area contributed by atoms with Gasteiger partial charge in [0, 0.05) is 28.5 Å². The first-order valence-corrected chi connectivity index (χ1v) is 11.6. The Hall–Kier alpha value is -2.50. The molecule has 1 aliphatic heterocycles. The van der Waals surface area contributed by atoms with Crippen LogP contribution in [-0.4, -0.2) is 61.8 Å². The lowest BCUT2D eigenvalue weighted by atomic mass is 10.1. The van der Waals surface area contributed by atoms with Crippen LogP contribution in [0.5, 0.6) is 0 Å². The Bertz CT molecular complexity index is 1140. The van der Waals surface area contributed by atoms with Crippen molar-refractivity contribution in [3.05, 3.63) is 42.5 Å². The maximum absolute atomic E-state index is 12.0. The van der Waals surface area contributed by atoms with Gasteiger partial charge in [0.2, 0.25) is 11.8 Å². The van der Waals surface area contributed by atoms with Gasteiger partial charge in [-0.1, -0.05) is 29.5 Å². The molecular formula is C20H24N4O4S2. The standard InChI is InChI=1S/C20H22N4O4S2.H2/c1-13(25)21-20-22-17-7-6-15(11-18(17)29-20)14-4-3-5-16(10-14)30(27,28)24-9-8-23(2)19(26)12-24;/h3-7,10-11,27-28H,8-9,12H2,1-2H3,(H,21,22,25);1H. The number of carbonyl (C=O) groups excluding carboxylic acids is 2. The number of amides is 2. The van der Waals surface area contributed by atoms with E-state index in [0.717, 1.165) is 21.3 Å². The molecule has 30 heavy (non-hydrogen) atoms. The highest BCUT2D eigenvalue weighted by Crippen LogP contribution is 2.52. The molecule has 3 aromatic rings. The van der Waals surface area contributed by atoms with E-state index in [-0.39, 0.29) is 19.8 Å². The minimum Gasteiger partial charge on any atom is -0.343 e. The highest BCUT2D eigenvalue weighted by Gasteiger charge is 2.32.